The third kappa shape index (κ3) is 2.95. The summed E-state index contributed by atoms with van der Waals surface area (Å²) in [7, 11) is 1.69. The lowest BCUT2D eigenvalue weighted by Crippen LogP contribution is -2.28. The minimum Gasteiger partial charge on any atom is -0.495 e. The largest absolute Gasteiger partial charge is 0.495 e. The molecule has 1 fully saturated rings. The predicted octanol–water partition coefficient (Wildman–Crippen LogP) is 3.55. The molecule has 2 unspecified atom stereocenters. The van der Waals surface area contributed by atoms with Crippen LogP contribution in [0, 0.1) is 5.92 Å². The number of H-pyrrole nitrogens is 1. The molecule has 3 aromatic rings. The van der Waals surface area contributed by atoms with Gasteiger partial charge in [0.25, 0.3) is 5.56 Å². The first-order valence-electron chi connectivity index (χ1n) is 10.00. The molecule has 0 radical (unpaired) electrons. The molecule has 29 heavy (non-hydrogen) atoms. The van der Waals surface area contributed by atoms with Gasteiger partial charge >= 0.3 is 0 Å². The lowest BCUT2D eigenvalue weighted by molar-refractivity contribution is 0.0872. The van der Waals surface area contributed by atoms with Crippen molar-refractivity contribution in [2.24, 2.45) is 5.92 Å². The third-order valence-corrected chi connectivity index (χ3v) is 5.95. The second-order valence-electron chi connectivity index (χ2n) is 7.68. The molecule has 0 bridgehead atoms. The summed E-state index contributed by atoms with van der Waals surface area (Å²) in [4.78, 5) is 27.7. The van der Waals surface area contributed by atoms with E-state index in [1.54, 1.807) is 19.2 Å². The van der Waals surface area contributed by atoms with Crippen molar-refractivity contribution >= 4 is 22.5 Å². The zero-order valence-corrected chi connectivity index (χ0v) is 16.3. The van der Waals surface area contributed by atoms with Crippen molar-refractivity contribution in [3.63, 3.8) is 0 Å². The van der Waals surface area contributed by atoms with E-state index in [1.807, 2.05) is 24.3 Å². The van der Waals surface area contributed by atoms with E-state index in [0.717, 1.165) is 42.9 Å². The van der Waals surface area contributed by atoms with Gasteiger partial charge in [-0.05, 0) is 42.5 Å². The summed E-state index contributed by atoms with van der Waals surface area (Å²) in [6.45, 7) is 1.78. The summed E-state index contributed by atoms with van der Waals surface area (Å²) in [5, 5.41) is 3.26. The Morgan fingerprint density at radius 1 is 1.14 bits per heavy atom. The minimum atomic E-state index is -0.228. The quantitative estimate of drug-likeness (QED) is 0.693. The third-order valence-electron chi connectivity index (χ3n) is 5.95. The van der Waals surface area contributed by atoms with Crippen molar-refractivity contribution in [2.75, 3.05) is 25.1 Å². The lowest BCUT2D eigenvalue weighted by Gasteiger charge is -2.29. The number of benzene rings is 2. The van der Waals surface area contributed by atoms with Crippen molar-refractivity contribution in [2.45, 2.75) is 18.8 Å². The zero-order valence-electron chi connectivity index (χ0n) is 16.3. The van der Waals surface area contributed by atoms with Crippen molar-refractivity contribution < 1.29 is 9.53 Å². The van der Waals surface area contributed by atoms with E-state index in [-0.39, 0.29) is 23.3 Å². The van der Waals surface area contributed by atoms with E-state index in [0.29, 0.717) is 10.9 Å². The Balaban J connectivity index is 1.49. The van der Waals surface area contributed by atoms with Crippen LogP contribution in [-0.2, 0) is 0 Å². The van der Waals surface area contributed by atoms with Gasteiger partial charge in [-0.25, -0.2) is 4.68 Å². The van der Waals surface area contributed by atoms with Gasteiger partial charge in [-0.1, -0.05) is 36.4 Å². The smallest absolute Gasteiger partial charge is 0.272 e. The van der Waals surface area contributed by atoms with E-state index < -0.39 is 0 Å². The number of fused-ring (bicyclic) bond motifs is 1. The topological polar surface area (TPSA) is 67.3 Å². The summed E-state index contributed by atoms with van der Waals surface area (Å²) >= 11 is 0. The molecule has 0 spiro atoms. The minimum absolute atomic E-state index is 0.0550. The van der Waals surface area contributed by atoms with Crippen LogP contribution < -0.4 is 15.2 Å². The maximum absolute atomic E-state index is 13.2. The Morgan fingerprint density at radius 3 is 2.79 bits per heavy atom. The van der Waals surface area contributed by atoms with Crippen LogP contribution in [0.5, 0.6) is 5.75 Å². The van der Waals surface area contributed by atoms with Crippen LogP contribution in [0.25, 0.3) is 10.9 Å². The molecule has 2 atom stereocenters. The predicted molar refractivity (Wildman–Crippen MR) is 113 cm³/mol. The number of ether oxygens (including phenoxy) is 1. The number of nitrogens with zero attached hydrogens (tertiary/aromatic N) is 2. The van der Waals surface area contributed by atoms with Gasteiger partial charge in [-0.15, -0.1) is 0 Å². The highest BCUT2D eigenvalue weighted by Gasteiger charge is 2.47. The monoisotopic (exact) mass is 389 g/mol. The molecule has 1 aromatic heterocycles. The number of carbonyl (C=O) groups is 1. The number of aromatic amines is 1. The number of carbonyl (C=O) groups excluding carboxylic acids is 1. The summed E-state index contributed by atoms with van der Waals surface area (Å²) in [6.07, 6.45) is 6.15. The summed E-state index contributed by atoms with van der Waals surface area (Å²) in [5.41, 5.74) is 2.65. The number of hydrogen-bond acceptors (Lipinski definition) is 4. The second-order valence-corrected chi connectivity index (χ2v) is 7.68. The van der Waals surface area contributed by atoms with Gasteiger partial charge < -0.3 is 9.64 Å². The van der Waals surface area contributed by atoms with Crippen molar-refractivity contribution in [3.8, 4) is 5.75 Å². The van der Waals surface area contributed by atoms with Gasteiger partial charge in [0.2, 0.25) is 5.91 Å². The van der Waals surface area contributed by atoms with Crippen LogP contribution in [-0.4, -0.2) is 35.9 Å². The van der Waals surface area contributed by atoms with Gasteiger partial charge in [0.15, 0.2) is 0 Å². The van der Waals surface area contributed by atoms with Crippen LogP contribution in [0.1, 0.15) is 29.1 Å². The average molecular weight is 389 g/mol. The lowest BCUT2D eigenvalue weighted by atomic mass is 10.0. The molecule has 0 saturated heterocycles. The summed E-state index contributed by atoms with van der Waals surface area (Å²) in [6, 6.07) is 13.3. The molecule has 2 aromatic carbocycles. The Bertz CT molecular complexity index is 1170. The van der Waals surface area contributed by atoms with Gasteiger partial charge in [0.05, 0.1) is 23.7 Å². The Hall–Kier alpha value is -3.28. The number of nitrogens with one attached hydrogen (secondary N) is 1. The van der Waals surface area contributed by atoms with E-state index in [9.17, 15) is 9.59 Å². The Labute approximate surface area is 168 Å². The highest BCUT2D eigenvalue weighted by molar-refractivity contribution is 5.94. The molecule has 1 saturated carbocycles. The first-order chi connectivity index (χ1) is 14.2. The van der Waals surface area contributed by atoms with Gasteiger partial charge in [0.1, 0.15) is 5.75 Å². The molecule has 6 heteroatoms. The molecular formula is C23H23N3O3. The highest BCUT2D eigenvalue weighted by atomic mass is 16.5. The van der Waals surface area contributed by atoms with Crippen molar-refractivity contribution in [3.05, 3.63) is 70.5 Å². The number of aromatic nitrogens is 2. The van der Waals surface area contributed by atoms with Crippen LogP contribution >= 0.6 is 0 Å². The maximum atomic E-state index is 13.2. The Kier molecular flexibility index (Phi) is 4.27. The molecule has 1 aliphatic carbocycles. The molecule has 2 aliphatic rings. The van der Waals surface area contributed by atoms with Crippen LogP contribution in [0.15, 0.2) is 59.4 Å². The first-order valence-corrected chi connectivity index (χ1v) is 10.00. The summed E-state index contributed by atoms with van der Waals surface area (Å²) < 4.78 is 7.08. The van der Waals surface area contributed by atoms with E-state index >= 15 is 0 Å². The SMILES string of the molecule is COc1cccc(C2CC2C(=O)n2[nH]c(=O)c3ccccc32)c1N1CC=CCC1. The molecular weight excluding hydrogens is 366 g/mol. The fourth-order valence-electron chi connectivity index (χ4n) is 4.42. The second kappa shape index (κ2) is 6.95. The van der Waals surface area contributed by atoms with Crippen LogP contribution in [0.4, 0.5) is 5.69 Å². The van der Waals surface area contributed by atoms with Gasteiger partial charge in [-0.2, -0.15) is 0 Å². The normalized spacial score (nSPS) is 20.8. The van der Waals surface area contributed by atoms with Crippen molar-refractivity contribution in [1.82, 2.24) is 9.78 Å². The van der Waals surface area contributed by atoms with Gasteiger partial charge in [-0.3, -0.25) is 14.7 Å². The number of hydrogen-bond donors (Lipinski definition) is 1. The zero-order chi connectivity index (χ0) is 20.0. The Morgan fingerprint density at radius 2 is 2.00 bits per heavy atom. The fraction of sp³-hybridized carbons (Fsp3) is 0.304. The number of para-hydroxylation sites is 2. The van der Waals surface area contributed by atoms with E-state index in [2.05, 4.69) is 28.2 Å². The number of methoxy groups -OCH3 is 1. The average Bonchev–Trinajstić information content (AvgIpc) is 3.51. The van der Waals surface area contributed by atoms with E-state index in [4.69, 9.17) is 4.74 Å². The standard InChI is InChI=1S/C23H23N3O3/c1-29-20-11-7-9-15(21(20)25-12-5-2-6-13-25)17-14-18(17)23(28)26-19-10-4-3-8-16(19)22(27)24-26/h2-5,7-11,17-18H,6,12-14H2,1H3,(H,24,27). The number of rotatable bonds is 4. The molecule has 6 nitrogen and oxygen atoms in total. The fourth-order valence-corrected chi connectivity index (χ4v) is 4.42. The highest BCUT2D eigenvalue weighted by Crippen LogP contribution is 2.53. The van der Waals surface area contributed by atoms with Gasteiger partial charge in [0, 0.05) is 19.0 Å². The molecule has 1 N–H and O–H groups in total. The molecule has 148 valence electrons. The first kappa shape index (κ1) is 17.8. The number of anilines is 1. The van der Waals surface area contributed by atoms with Crippen LogP contribution in [0.3, 0.4) is 0 Å². The molecule has 0 amide bonds. The molecule has 2 heterocycles. The molecule has 1 aliphatic heterocycles. The van der Waals surface area contributed by atoms with Crippen molar-refractivity contribution in [1.29, 1.82) is 0 Å². The van der Waals surface area contributed by atoms with Crippen LogP contribution in [0.2, 0.25) is 0 Å². The van der Waals surface area contributed by atoms with E-state index in [1.165, 1.54) is 4.68 Å². The molecule has 5 rings (SSSR count). The summed E-state index contributed by atoms with van der Waals surface area (Å²) in [5.74, 6) is 0.771. The maximum Gasteiger partial charge on any atom is 0.272 e.